The summed E-state index contributed by atoms with van der Waals surface area (Å²) >= 11 is 0. The van der Waals surface area contributed by atoms with Crippen LogP contribution in [0.4, 0.5) is 22.0 Å². The Morgan fingerprint density at radius 3 is 1.77 bits per heavy atom. The van der Waals surface area contributed by atoms with Crippen LogP contribution in [-0.2, 0) is 4.79 Å². The highest BCUT2D eigenvalue weighted by Gasteiger charge is 2.32. The van der Waals surface area contributed by atoms with Crippen LogP contribution < -0.4 is 0 Å². The van der Waals surface area contributed by atoms with E-state index in [1.165, 1.54) is 24.3 Å². The van der Waals surface area contributed by atoms with Gasteiger partial charge in [-0.3, -0.25) is 14.6 Å². The minimum atomic E-state index is -4.43. The van der Waals surface area contributed by atoms with Crippen molar-refractivity contribution in [3.05, 3.63) is 71.3 Å². The van der Waals surface area contributed by atoms with E-state index in [2.05, 4.69) is 4.90 Å². The molecule has 1 amide bonds. The summed E-state index contributed by atoms with van der Waals surface area (Å²) in [6, 6.07) is 12.0. The fourth-order valence-electron chi connectivity index (χ4n) is 3.75. The zero-order chi connectivity index (χ0) is 22.6. The predicted octanol–water partition coefficient (Wildman–Crippen LogP) is 3.69. The Morgan fingerprint density at radius 1 is 0.903 bits per heavy atom. The Morgan fingerprint density at radius 2 is 1.35 bits per heavy atom. The highest BCUT2D eigenvalue weighted by molar-refractivity contribution is 5.78. The van der Waals surface area contributed by atoms with Crippen molar-refractivity contribution in [1.82, 2.24) is 14.7 Å². The number of hydrogen-bond donors (Lipinski definition) is 0. The van der Waals surface area contributed by atoms with Crippen molar-refractivity contribution < 1.29 is 26.7 Å². The molecular formula is C22H24F5N3O. The summed E-state index contributed by atoms with van der Waals surface area (Å²) in [5.74, 6) is -1.29. The SMILES string of the molecule is CN(CC(F)(F)F)C(=O)CN1CCN(C(c2ccc(F)cc2)c2ccc(F)cc2)CC1. The molecule has 0 aliphatic carbocycles. The molecule has 31 heavy (non-hydrogen) atoms. The molecule has 0 N–H and O–H groups in total. The normalized spacial score (nSPS) is 16.0. The maximum Gasteiger partial charge on any atom is 0.406 e. The number of carbonyl (C=O) groups excluding carboxylic acids is 1. The quantitative estimate of drug-likeness (QED) is 0.640. The Kier molecular flexibility index (Phi) is 7.27. The average molecular weight is 441 g/mol. The van der Waals surface area contributed by atoms with Crippen molar-refractivity contribution in [2.24, 2.45) is 0 Å². The number of hydrogen-bond acceptors (Lipinski definition) is 3. The number of likely N-dealkylation sites (N-methyl/N-ethyl adjacent to an activating group) is 1. The van der Waals surface area contributed by atoms with Gasteiger partial charge in [-0.1, -0.05) is 24.3 Å². The molecule has 0 bridgehead atoms. The smallest absolute Gasteiger partial charge is 0.336 e. The lowest BCUT2D eigenvalue weighted by atomic mass is 9.96. The molecule has 1 aliphatic heterocycles. The summed E-state index contributed by atoms with van der Waals surface area (Å²) in [5.41, 5.74) is 1.70. The second-order valence-corrected chi connectivity index (χ2v) is 7.68. The van der Waals surface area contributed by atoms with Crippen LogP contribution in [0.25, 0.3) is 0 Å². The van der Waals surface area contributed by atoms with E-state index in [4.69, 9.17) is 0 Å². The summed E-state index contributed by atoms with van der Waals surface area (Å²) in [6.45, 7) is 0.724. The zero-order valence-electron chi connectivity index (χ0n) is 17.1. The molecule has 2 aromatic carbocycles. The van der Waals surface area contributed by atoms with Gasteiger partial charge < -0.3 is 4.90 Å². The van der Waals surface area contributed by atoms with Crippen molar-refractivity contribution in [2.45, 2.75) is 12.2 Å². The van der Waals surface area contributed by atoms with Gasteiger partial charge in [-0.15, -0.1) is 0 Å². The highest BCUT2D eigenvalue weighted by Crippen LogP contribution is 2.30. The van der Waals surface area contributed by atoms with E-state index in [0.29, 0.717) is 31.1 Å². The molecule has 0 radical (unpaired) electrons. The van der Waals surface area contributed by atoms with Gasteiger partial charge in [0.2, 0.25) is 5.91 Å². The second-order valence-electron chi connectivity index (χ2n) is 7.68. The Hall–Kier alpha value is -2.52. The summed E-state index contributed by atoms with van der Waals surface area (Å²) in [6.07, 6.45) is -4.43. The number of alkyl halides is 3. The lowest BCUT2D eigenvalue weighted by Crippen LogP contribution is -2.51. The van der Waals surface area contributed by atoms with Gasteiger partial charge in [-0.05, 0) is 35.4 Å². The van der Waals surface area contributed by atoms with Gasteiger partial charge in [0.1, 0.15) is 18.2 Å². The molecule has 9 heteroatoms. The first-order valence-corrected chi connectivity index (χ1v) is 9.90. The van der Waals surface area contributed by atoms with E-state index in [1.807, 2.05) is 4.90 Å². The molecule has 0 aromatic heterocycles. The molecule has 2 aromatic rings. The number of benzene rings is 2. The van der Waals surface area contributed by atoms with Crippen LogP contribution in [0.5, 0.6) is 0 Å². The second kappa shape index (κ2) is 9.74. The molecular weight excluding hydrogens is 417 g/mol. The Balaban J connectivity index is 1.67. The maximum atomic E-state index is 13.4. The number of rotatable bonds is 6. The van der Waals surface area contributed by atoms with Gasteiger partial charge >= 0.3 is 6.18 Å². The molecule has 0 saturated carbocycles. The summed E-state index contributed by atoms with van der Waals surface area (Å²) in [7, 11) is 1.14. The van der Waals surface area contributed by atoms with Crippen molar-refractivity contribution in [3.8, 4) is 0 Å². The average Bonchev–Trinajstić information content (AvgIpc) is 2.71. The van der Waals surface area contributed by atoms with Crippen molar-refractivity contribution >= 4 is 5.91 Å². The standard InChI is InChI=1S/C22H24F5N3O/c1-28(15-22(25,26)27)20(31)14-29-10-12-30(13-11-29)21(16-2-6-18(23)7-3-16)17-4-8-19(24)9-5-17/h2-9,21H,10-15H2,1H3. The van der Waals surface area contributed by atoms with E-state index in [1.54, 1.807) is 24.3 Å². The minimum absolute atomic E-state index is 0.0851. The van der Waals surface area contributed by atoms with Gasteiger partial charge in [0.25, 0.3) is 0 Å². The van der Waals surface area contributed by atoms with Crippen LogP contribution in [-0.4, -0.2) is 73.1 Å². The first kappa shape index (κ1) is 23.1. The fraction of sp³-hybridized carbons (Fsp3) is 0.409. The van der Waals surface area contributed by atoms with Crippen molar-refractivity contribution in [3.63, 3.8) is 0 Å². The van der Waals surface area contributed by atoms with Crippen LogP contribution in [0, 0.1) is 11.6 Å². The molecule has 0 atom stereocenters. The fourth-order valence-corrected chi connectivity index (χ4v) is 3.75. The van der Waals surface area contributed by atoms with E-state index >= 15 is 0 Å². The van der Waals surface area contributed by atoms with Gasteiger partial charge in [0.05, 0.1) is 12.6 Å². The first-order chi connectivity index (χ1) is 14.6. The molecule has 1 saturated heterocycles. The first-order valence-electron chi connectivity index (χ1n) is 9.90. The lowest BCUT2D eigenvalue weighted by Gasteiger charge is -2.40. The van der Waals surface area contributed by atoms with E-state index < -0.39 is 18.6 Å². The largest absolute Gasteiger partial charge is 0.406 e. The van der Waals surface area contributed by atoms with Crippen molar-refractivity contribution in [1.29, 1.82) is 0 Å². The molecule has 1 aliphatic rings. The monoisotopic (exact) mass is 441 g/mol. The van der Waals surface area contributed by atoms with Crippen molar-refractivity contribution in [2.75, 3.05) is 46.3 Å². The number of halogens is 5. The number of piperazine rings is 1. The molecule has 168 valence electrons. The summed E-state index contributed by atoms with van der Waals surface area (Å²) in [4.78, 5) is 16.8. The predicted molar refractivity (Wildman–Crippen MR) is 106 cm³/mol. The minimum Gasteiger partial charge on any atom is -0.336 e. The Bertz CT molecular complexity index is 817. The summed E-state index contributed by atoms with van der Waals surface area (Å²) < 4.78 is 64.3. The molecule has 1 heterocycles. The number of amides is 1. The number of carbonyl (C=O) groups is 1. The Labute approximate surface area is 177 Å². The summed E-state index contributed by atoms with van der Waals surface area (Å²) in [5, 5.41) is 0. The highest BCUT2D eigenvalue weighted by atomic mass is 19.4. The lowest BCUT2D eigenvalue weighted by molar-refractivity contribution is -0.159. The molecule has 4 nitrogen and oxygen atoms in total. The van der Waals surface area contributed by atoms with Gasteiger partial charge in [0, 0.05) is 33.2 Å². The van der Waals surface area contributed by atoms with Crippen LogP contribution in [0.1, 0.15) is 17.2 Å². The van der Waals surface area contributed by atoms with Gasteiger partial charge in [-0.25, -0.2) is 8.78 Å². The van der Waals surface area contributed by atoms with Crippen LogP contribution in [0.3, 0.4) is 0 Å². The number of nitrogens with zero attached hydrogens (tertiary/aromatic N) is 3. The van der Waals surface area contributed by atoms with Crippen LogP contribution >= 0.6 is 0 Å². The molecule has 3 rings (SSSR count). The third kappa shape index (κ3) is 6.48. The molecule has 1 fully saturated rings. The van der Waals surface area contributed by atoms with E-state index in [0.717, 1.165) is 18.2 Å². The van der Waals surface area contributed by atoms with Crippen LogP contribution in [0.15, 0.2) is 48.5 Å². The molecule has 0 spiro atoms. The van der Waals surface area contributed by atoms with E-state index in [9.17, 15) is 26.7 Å². The van der Waals surface area contributed by atoms with Crippen LogP contribution in [0.2, 0.25) is 0 Å². The third-order valence-electron chi connectivity index (χ3n) is 5.34. The zero-order valence-corrected chi connectivity index (χ0v) is 17.1. The third-order valence-corrected chi connectivity index (χ3v) is 5.34. The van der Waals surface area contributed by atoms with Gasteiger partial charge in [0.15, 0.2) is 0 Å². The topological polar surface area (TPSA) is 26.8 Å². The maximum absolute atomic E-state index is 13.4. The van der Waals surface area contributed by atoms with E-state index in [-0.39, 0.29) is 24.2 Å². The molecule has 0 unspecified atom stereocenters. The van der Waals surface area contributed by atoms with Gasteiger partial charge in [-0.2, -0.15) is 13.2 Å².